The van der Waals surface area contributed by atoms with E-state index in [-0.39, 0.29) is 24.1 Å². The van der Waals surface area contributed by atoms with Crippen molar-refractivity contribution in [1.29, 1.82) is 0 Å². The van der Waals surface area contributed by atoms with Crippen LogP contribution < -0.4 is 11.1 Å². The average molecular weight is 319 g/mol. The molecule has 7 heteroatoms. The van der Waals surface area contributed by atoms with Crippen LogP contribution in [0.2, 0.25) is 5.02 Å². The highest BCUT2D eigenvalue weighted by Crippen LogP contribution is 2.17. The zero-order valence-corrected chi connectivity index (χ0v) is 13.0. The van der Waals surface area contributed by atoms with E-state index in [9.17, 15) is 13.2 Å². The summed E-state index contributed by atoms with van der Waals surface area (Å²) in [6.45, 7) is 1.81. The van der Waals surface area contributed by atoms with Gasteiger partial charge in [-0.3, -0.25) is 4.79 Å². The van der Waals surface area contributed by atoms with Gasteiger partial charge in [0.25, 0.3) is 0 Å². The van der Waals surface area contributed by atoms with Gasteiger partial charge in [-0.1, -0.05) is 23.7 Å². The van der Waals surface area contributed by atoms with Crippen LogP contribution in [0, 0.1) is 0 Å². The molecule has 2 atom stereocenters. The van der Waals surface area contributed by atoms with Crippen LogP contribution in [0.4, 0.5) is 0 Å². The van der Waals surface area contributed by atoms with Gasteiger partial charge in [-0.15, -0.1) is 0 Å². The number of carbonyl (C=O) groups excluding carboxylic acids is 1. The molecule has 0 heterocycles. The SMILES string of the molecule is C[C@H](NC(=O)C(N)CCS(C)(=O)=O)c1cccc(Cl)c1. The molecule has 112 valence electrons. The van der Waals surface area contributed by atoms with E-state index < -0.39 is 15.9 Å². The van der Waals surface area contributed by atoms with Crippen molar-refractivity contribution in [3.8, 4) is 0 Å². The molecule has 0 aromatic heterocycles. The number of nitrogens with two attached hydrogens (primary N) is 1. The Kier molecular flexibility index (Phi) is 5.98. The zero-order valence-electron chi connectivity index (χ0n) is 11.5. The standard InChI is InChI=1S/C13H19ClN2O3S/c1-9(10-4-3-5-11(14)8-10)16-13(17)12(15)6-7-20(2,18)19/h3-5,8-9,12H,6-7,15H2,1-2H3,(H,16,17)/t9-,12?/m0/s1. The van der Waals surface area contributed by atoms with Crippen molar-refractivity contribution in [3.05, 3.63) is 34.9 Å². The first kappa shape index (κ1) is 16.9. The van der Waals surface area contributed by atoms with Crippen LogP contribution >= 0.6 is 11.6 Å². The number of amides is 1. The van der Waals surface area contributed by atoms with Crippen LogP contribution in [0.5, 0.6) is 0 Å². The molecule has 0 radical (unpaired) electrons. The van der Waals surface area contributed by atoms with Gasteiger partial charge in [-0.2, -0.15) is 0 Å². The predicted molar refractivity (Wildman–Crippen MR) is 80.3 cm³/mol. The van der Waals surface area contributed by atoms with Crippen molar-refractivity contribution in [2.24, 2.45) is 5.73 Å². The summed E-state index contributed by atoms with van der Waals surface area (Å²) in [4.78, 5) is 11.9. The summed E-state index contributed by atoms with van der Waals surface area (Å²) in [7, 11) is -3.12. The van der Waals surface area contributed by atoms with Gasteiger partial charge in [0.05, 0.1) is 17.8 Å². The van der Waals surface area contributed by atoms with Crippen molar-refractivity contribution < 1.29 is 13.2 Å². The Bertz CT molecular complexity index is 575. The maximum absolute atomic E-state index is 11.9. The first-order valence-electron chi connectivity index (χ1n) is 6.18. The van der Waals surface area contributed by atoms with Crippen LogP contribution in [0.3, 0.4) is 0 Å². The minimum atomic E-state index is -3.12. The molecule has 1 amide bonds. The maximum Gasteiger partial charge on any atom is 0.237 e. The molecule has 0 saturated heterocycles. The summed E-state index contributed by atoms with van der Waals surface area (Å²) < 4.78 is 22.1. The second kappa shape index (κ2) is 7.06. The van der Waals surface area contributed by atoms with Crippen LogP contribution in [0.1, 0.15) is 24.9 Å². The van der Waals surface area contributed by atoms with E-state index in [1.807, 2.05) is 13.0 Å². The molecule has 0 spiro atoms. The molecule has 1 aromatic carbocycles. The Morgan fingerprint density at radius 1 is 1.45 bits per heavy atom. The summed E-state index contributed by atoms with van der Waals surface area (Å²) >= 11 is 5.88. The van der Waals surface area contributed by atoms with E-state index >= 15 is 0 Å². The highest BCUT2D eigenvalue weighted by Gasteiger charge is 2.18. The maximum atomic E-state index is 11.9. The number of nitrogens with one attached hydrogen (secondary N) is 1. The molecule has 0 aliphatic carbocycles. The van der Waals surface area contributed by atoms with E-state index in [0.29, 0.717) is 5.02 Å². The fraction of sp³-hybridized carbons (Fsp3) is 0.462. The van der Waals surface area contributed by atoms with Gasteiger partial charge in [0.2, 0.25) is 5.91 Å². The molecule has 3 N–H and O–H groups in total. The first-order chi connectivity index (χ1) is 9.19. The summed E-state index contributed by atoms with van der Waals surface area (Å²) in [6, 6.07) is 6.06. The summed E-state index contributed by atoms with van der Waals surface area (Å²) in [5.74, 6) is -0.478. The van der Waals surface area contributed by atoms with Gasteiger partial charge < -0.3 is 11.1 Å². The third-order valence-corrected chi connectivity index (χ3v) is 4.06. The first-order valence-corrected chi connectivity index (χ1v) is 8.62. The Labute approximate surface area is 124 Å². The van der Waals surface area contributed by atoms with Crippen LogP contribution in [0.15, 0.2) is 24.3 Å². The van der Waals surface area contributed by atoms with Crippen molar-refractivity contribution in [3.63, 3.8) is 0 Å². The lowest BCUT2D eigenvalue weighted by atomic mass is 10.1. The monoisotopic (exact) mass is 318 g/mol. The van der Waals surface area contributed by atoms with Crippen molar-refractivity contribution in [2.45, 2.75) is 25.4 Å². The summed E-state index contributed by atoms with van der Waals surface area (Å²) in [5, 5.41) is 3.33. The molecule has 1 unspecified atom stereocenters. The summed E-state index contributed by atoms with van der Waals surface area (Å²) in [5.41, 5.74) is 6.54. The van der Waals surface area contributed by atoms with Gasteiger partial charge in [-0.05, 0) is 31.0 Å². The molecule has 1 aromatic rings. The molecular formula is C13H19ClN2O3S. The quantitative estimate of drug-likeness (QED) is 0.827. The molecule has 0 aliphatic rings. The number of rotatable bonds is 6. The van der Waals surface area contributed by atoms with Gasteiger partial charge in [-0.25, -0.2) is 8.42 Å². The van der Waals surface area contributed by atoms with E-state index in [2.05, 4.69) is 5.32 Å². The van der Waals surface area contributed by atoms with E-state index in [1.165, 1.54) is 0 Å². The normalized spacial score (nSPS) is 14.6. The third-order valence-electron chi connectivity index (χ3n) is 2.84. The largest absolute Gasteiger partial charge is 0.348 e. The minimum absolute atomic E-state index is 0.104. The highest BCUT2D eigenvalue weighted by atomic mass is 35.5. The fourth-order valence-electron chi connectivity index (χ4n) is 1.65. The van der Waals surface area contributed by atoms with Gasteiger partial charge in [0.15, 0.2) is 0 Å². The number of carbonyl (C=O) groups is 1. The van der Waals surface area contributed by atoms with Crippen molar-refractivity contribution in [1.82, 2.24) is 5.32 Å². The second-order valence-corrected chi connectivity index (χ2v) is 7.51. The van der Waals surface area contributed by atoms with Crippen LogP contribution in [0.25, 0.3) is 0 Å². The number of sulfone groups is 1. The van der Waals surface area contributed by atoms with Crippen LogP contribution in [-0.2, 0) is 14.6 Å². The van der Waals surface area contributed by atoms with E-state index in [4.69, 9.17) is 17.3 Å². The Morgan fingerprint density at radius 3 is 2.65 bits per heavy atom. The van der Waals surface area contributed by atoms with E-state index in [1.54, 1.807) is 18.2 Å². The smallest absolute Gasteiger partial charge is 0.237 e. The lowest BCUT2D eigenvalue weighted by molar-refractivity contribution is -0.123. The number of hydrogen-bond acceptors (Lipinski definition) is 4. The van der Waals surface area contributed by atoms with E-state index in [0.717, 1.165) is 11.8 Å². The highest BCUT2D eigenvalue weighted by molar-refractivity contribution is 7.90. The van der Waals surface area contributed by atoms with Gasteiger partial charge in [0, 0.05) is 11.3 Å². The molecule has 0 fully saturated rings. The lowest BCUT2D eigenvalue weighted by Gasteiger charge is -2.18. The molecule has 5 nitrogen and oxygen atoms in total. The molecule has 20 heavy (non-hydrogen) atoms. The topological polar surface area (TPSA) is 89.3 Å². The third kappa shape index (κ3) is 5.90. The molecule has 0 aliphatic heterocycles. The number of benzene rings is 1. The predicted octanol–water partition coefficient (Wildman–Crippen LogP) is 1.28. The number of hydrogen-bond donors (Lipinski definition) is 2. The molecular weight excluding hydrogens is 300 g/mol. The average Bonchev–Trinajstić information content (AvgIpc) is 2.34. The van der Waals surface area contributed by atoms with Gasteiger partial charge in [0.1, 0.15) is 9.84 Å². The van der Waals surface area contributed by atoms with Crippen LogP contribution in [-0.4, -0.2) is 32.4 Å². The Morgan fingerprint density at radius 2 is 2.10 bits per heavy atom. The van der Waals surface area contributed by atoms with Crippen molar-refractivity contribution in [2.75, 3.05) is 12.0 Å². The Hall–Kier alpha value is -1.11. The van der Waals surface area contributed by atoms with Crippen molar-refractivity contribution >= 4 is 27.3 Å². The molecule has 0 bridgehead atoms. The fourth-order valence-corrected chi connectivity index (χ4v) is 2.53. The minimum Gasteiger partial charge on any atom is -0.348 e. The Balaban J connectivity index is 2.57. The number of halogens is 1. The molecule has 0 saturated carbocycles. The summed E-state index contributed by atoms with van der Waals surface area (Å²) in [6.07, 6.45) is 1.22. The lowest BCUT2D eigenvalue weighted by Crippen LogP contribution is -2.42. The zero-order chi connectivity index (χ0) is 15.3. The second-order valence-electron chi connectivity index (χ2n) is 4.81. The molecule has 1 rings (SSSR count). The van der Waals surface area contributed by atoms with Gasteiger partial charge >= 0.3 is 0 Å².